The lowest BCUT2D eigenvalue weighted by Gasteiger charge is -2.44. The number of hydrogen-bond donors (Lipinski definition) is 0. The lowest BCUT2D eigenvalue weighted by Crippen LogP contribution is -2.61. The van der Waals surface area contributed by atoms with Crippen molar-refractivity contribution >= 4 is 111 Å². The predicted molar refractivity (Wildman–Crippen MR) is 289 cm³/mol. The predicted octanol–water partition coefficient (Wildman–Crippen LogP) is 16.0. The molecular weight excluding hydrogens is 832 g/mol. The quantitative estimate of drug-likeness (QED) is 0.164. The second-order valence-electron chi connectivity index (χ2n) is 20.5. The van der Waals surface area contributed by atoms with Crippen molar-refractivity contribution in [3.8, 4) is 22.3 Å². The minimum atomic E-state index is -0.0344. The maximum atomic E-state index is 6.51. The van der Waals surface area contributed by atoms with E-state index < -0.39 is 0 Å². The van der Waals surface area contributed by atoms with E-state index in [-0.39, 0.29) is 17.5 Å². The zero-order valence-electron chi connectivity index (χ0n) is 38.7. The molecule has 13 rings (SSSR count). The van der Waals surface area contributed by atoms with Gasteiger partial charge in [-0.2, -0.15) is 0 Å². The van der Waals surface area contributed by atoms with Gasteiger partial charge in [0.05, 0.1) is 0 Å². The summed E-state index contributed by atoms with van der Waals surface area (Å²) >= 11 is 1.89. The Morgan fingerprint density at radius 1 is 0.433 bits per heavy atom. The van der Waals surface area contributed by atoms with Crippen molar-refractivity contribution < 1.29 is 4.42 Å². The number of furan rings is 1. The standard InChI is InChI=1S/C62H49BN2OS/c1-61(2,3)40-29-35-52-51(36-40)63-50-34-28-41(62(4,5)6)37-55(50)65(43-30-24-38(25-31-43)44-16-11-18-48-46-14-7-9-22-56(46)66-59(44)48)54-21-13-20-53(58(54)63)64(52)42-32-26-39(27-33-42)45-17-12-19-49-47-15-8-10-23-57(47)67-60(45)49/h7-37H,1-6H3. The van der Waals surface area contributed by atoms with E-state index in [0.29, 0.717) is 0 Å². The highest BCUT2D eigenvalue weighted by Gasteiger charge is 2.44. The van der Waals surface area contributed by atoms with Crippen LogP contribution in [0.25, 0.3) is 64.4 Å². The molecule has 0 spiro atoms. The van der Waals surface area contributed by atoms with Crippen LogP contribution in [0.3, 0.4) is 0 Å². The molecule has 0 unspecified atom stereocenters. The van der Waals surface area contributed by atoms with Crippen molar-refractivity contribution in [2.24, 2.45) is 0 Å². The molecule has 5 heteroatoms. The minimum Gasteiger partial charge on any atom is -0.455 e. The van der Waals surface area contributed by atoms with E-state index in [1.807, 2.05) is 17.4 Å². The fraction of sp³-hybridized carbons (Fsp3) is 0.129. The van der Waals surface area contributed by atoms with Crippen LogP contribution in [0.5, 0.6) is 0 Å². The number of rotatable bonds is 4. The van der Waals surface area contributed by atoms with Crippen molar-refractivity contribution in [1.82, 2.24) is 0 Å². The van der Waals surface area contributed by atoms with Gasteiger partial charge in [-0.25, -0.2) is 0 Å². The van der Waals surface area contributed by atoms with E-state index in [4.69, 9.17) is 4.42 Å². The highest BCUT2D eigenvalue weighted by molar-refractivity contribution is 7.26. The summed E-state index contributed by atoms with van der Waals surface area (Å²) < 4.78 is 9.17. The summed E-state index contributed by atoms with van der Waals surface area (Å²) in [6.07, 6.45) is 0. The number of fused-ring (bicyclic) bond motifs is 10. The molecule has 0 bridgehead atoms. The first-order valence-corrected chi connectivity index (χ1v) is 24.3. The van der Waals surface area contributed by atoms with Gasteiger partial charge < -0.3 is 14.2 Å². The third kappa shape index (κ3) is 6.17. The van der Waals surface area contributed by atoms with Gasteiger partial charge in [0, 0.05) is 70.6 Å². The Hall–Kier alpha value is -7.34. The Balaban J connectivity index is 0.989. The van der Waals surface area contributed by atoms with Gasteiger partial charge in [-0.3, -0.25) is 0 Å². The third-order valence-electron chi connectivity index (χ3n) is 14.4. The van der Waals surface area contributed by atoms with Crippen LogP contribution in [0, 0.1) is 0 Å². The van der Waals surface area contributed by atoms with Crippen LogP contribution < -0.4 is 26.2 Å². The average molecular weight is 881 g/mol. The summed E-state index contributed by atoms with van der Waals surface area (Å²) in [4.78, 5) is 5.04. The molecule has 4 heterocycles. The van der Waals surface area contributed by atoms with Crippen molar-refractivity contribution in [2.75, 3.05) is 9.80 Å². The van der Waals surface area contributed by atoms with E-state index in [1.54, 1.807) is 0 Å². The van der Waals surface area contributed by atoms with Gasteiger partial charge in [0.25, 0.3) is 6.71 Å². The van der Waals surface area contributed by atoms with E-state index in [1.165, 1.54) is 81.6 Å². The summed E-state index contributed by atoms with van der Waals surface area (Å²) in [5, 5.41) is 4.93. The zero-order valence-corrected chi connectivity index (χ0v) is 39.5. The lowest BCUT2D eigenvalue weighted by molar-refractivity contribution is 0.590. The fourth-order valence-electron chi connectivity index (χ4n) is 11.0. The van der Waals surface area contributed by atoms with Crippen molar-refractivity contribution in [2.45, 2.75) is 52.4 Å². The molecule has 9 aromatic carbocycles. The molecule has 2 aliphatic rings. The smallest absolute Gasteiger partial charge is 0.252 e. The van der Waals surface area contributed by atoms with Gasteiger partial charge in [-0.15, -0.1) is 11.3 Å². The van der Waals surface area contributed by atoms with Crippen molar-refractivity contribution in [1.29, 1.82) is 0 Å². The highest BCUT2D eigenvalue weighted by atomic mass is 32.1. The molecule has 322 valence electrons. The molecule has 3 nitrogen and oxygen atoms in total. The second kappa shape index (κ2) is 14.6. The van der Waals surface area contributed by atoms with Crippen molar-refractivity contribution in [3.63, 3.8) is 0 Å². The summed E-state index contributed by atoms with van der Waals surface area (Å²) in [7, 11) is 0. The third-order valence-corrected chi connectivity index (χ3v) is 15.6. The van der Waals surface area contributed by atoms with Crippen LogP contribution in [0.15, 0.2) is 192 Å². The molecule has 0 radical (unpaired) electrons. The molecular formula is C62H49BN2OS. The molecule has 0 saturated carbocycles. The lowest BCUT2D eigenvalue weighted by atomic mass is 9.33. The first-order chi connectivity index (χ1) is 32.5. The van der Waals surface area contributed by atoms with Gasteiger partial charge in [0.15, 0.2) is 0 Å². The molecule has 67 heavy (non-hydrogen) atoms. The van der Waals surface area contributed by atoms with Gasteiger partial charge >= 0.3 is 0 Å². The topological polar surface area (TPSA) is 19.6 Å². The molecule has 2 aliphatic heterocycles. The monoisotopic (exact) mass is 880 g/mol. The Bertz CT molecular complexity index is 3790. The van der Waals surface area contributed by atoms with Gasteiger partial charge in [-0.1, -0.05) is 169 Å². The van der Waals surface area contributed by atoms with Crippen LogP contribution in [0.1, 0.15) is 52.7 Å². The number of benzene rings is 9. The Labute approximate surface area is 396 Å². The maximum absolute atomic E-state index is 6.51. The maximum Gasteiger partial charge on any atom is 0.252 e. The van der Waals surface area contributed by atoms with Gasteiger partial charge in [0.2, 0.25) is 0 Å². The summed E-state index contributed by atoms with van der Waals surface area (Å²) in [6, 6.07) is 70.2. The van der Waals surface area contributed by atoms with Gasteiger partial charge in [-0.05, 0) is 116 Å². The van der Waals surface area contributed by atoms with E-state index in [0.717, 1.165) is 44.4 Å². The molecule has 0 atom stereocenters. The van der Waals surface area contributed by atoms with E-state index >= 15 is 0 Å². The molecule has 0 saturated heterocycles. The molecule has 0 N–H and O–H groups in total. The second-order valence-corrected chi connectivity index (χ2v) is 21.6. The first-order valence-electron chi connectivity index (χ1n) is 23.5. The zero-order chi connectivity index (χ0) is 45.3. The first kappa shape index (κ1) is 40.0. The van der Waals surface area contributed by atoms with E-state index in [9.17, 15) is 0 Å². The number of nitrogens with zero attached hydrogens (tertiary/aromatic N) is 2. The van der Waals surface area contributed by atoms with Crippen molar-refractivity contribution in [3.05, 3.63) is 199 Å². The molecule has 11 aromatic rings. The Kier molecular flexibility index (Phi) is 8.70. The summed E-state index contributed by atoms with van der Waals surface area (Å²) in [5.74, 6) is 0. The van der Waals surface area contributed by atoms with Gasteiger partial charge in [0.1, 0.15) is 11.2 Å². The number of para-hydroxylation sites is 2. The molecule has 2 aromatic heterocycles. The minimum absolute atomic E-state index is 0.0248. The van der Waals surface area contributed by atoms with Crippen LogP contribution in [0.2, 0.25) is 0 Å². The average Bonchev–Trinajstić information content (AvgIpc) is 3.92. The van der Waals surface area contributed by atoms with Crippen LogP contribution in [0.4, 0.5) is 34.1 Å². The largest absolute Gasteiger partial charge is 0.455 e. The number of thiophene rings is 1. The molecule has 0 aliphatic carbocycles. The number of anilines is 6. The normalized spacial score (nSPS) is 13.4. The van der Waals surface area contributed by atoms with E-state index in [2.05, 4.69) is 233 Å². The van der Waals surface area contributed by atoms with Crippen LogP contribution in [-0.2, 0) is 10.8 Å². The number of hydrogen-bond acceptors (Lipinski definition) is 4. The molecule has 0 fully saturated rings. The molecule has 0 amide bonds. The summed E-state index contributed by atoms with van der Waals surface area (Å²) in [5.41, 5.74) is 20.3. The van der Waals surface area contributed by atoms with Crippen LogP contribution >= 0.6 is 11.3 Å². The SMILES string of the molecule is CC(C)(C)c1ccc2c(c1)B1c3ccc(C(C)(C)C)cc3N(c3ccc(-c4cccc5c4oc4ccccc45)cc3)c3cccc(c31)N2c1ccc(-c2cccc3c2sc2ccccc23)cc1. The summed E-state index contributed by atoms with van der Waals surface area (Å²) in [6.45, 7) is 14.0. The highest BCUT2D eigenvalue weighted by Crippen LogP contribution is 2.47. The Morgan fingerprint density at radius 2 is 1.00 bits per heavy atom. The fourth-order valence-corrected chi connectivity index (χ4v) is 12.2. The Morgan fingerprint density at radius 3 is 1.72 bits per heavy atom. The van der Waals surface area contributed by atoms with Crippen LogP contribution in [-0.4, -0.2) is 6.71 Å².